The van der Waals surface area contributed by atoms with E-state index in [2.05, 4.69) is 5.32 Å². The summed E-state index contributed by atoms with van der Waals surface area (Å²) in [6.45, 7) is 1.21. The molecule has 216 valence electrons. The Morgan fingerprint density at radius 1 is 0.730 bits per heavy atom. The maximum absolute atomic E-state index is 12.0. The van der Waals surface area contributed by atoms with Crippen molar-refractivity contribution in [3.63, 3.8) is 0 Å². The third-order valence-electron chi connectivity index (χ3n) is 6.67. The van der Waals surface area contributed by atoms with Crippen molar-refractivity contribution >= 4 is 5.91 Å². The van der Waals surface area contributed by atoms with Gasteiger partial charge in [0.1, 0.15) is 67.1 Å². The van der Waals surface area contributed by atoms with Crippen LogP contribution >= 0.6 is 0 Å². The monoisotopic (exact) mass is 543 g/mol. The van der Waals surface area contributed by atoms with Crippen LogP contribution in [-0.2, 0) is 33.2 Å². The molecule has 3 saturated heterocycles. The molecule has 0 aromatic rings. The summed E-state index contributed by atoms with van der Waals surface area (Å²) in [5.74, 6) is -0.549. The maximum atomic E-state index is 12.0. The van der Waals surface area contributed by atoms with Gasteiger partial charge in [-0.15, -0.1) is 0 Å². The highest BCUT2D eigenvalue weighted by Gasteiger charge is 2.54. The zero-order chi connectivity index (χ0) is 27.6. The quantitative estimate of drug-likeness (QED) is 0.138. The van der Waals surface area contributed by atoms with Crippen LogP contribution in [0.15, 0.2) is 0 Å². The van der Waals surface area contributed by atoms with E-state index in [4.69, 9.17) is 28.4 Å². The average Bonchev–Trinajstić information content (AvgIpc) is 2.87. The molecule has 0 bridgehead atoms. The first-order valence-electron chi connectivity index (χ1n) is 11.8. The molecule has 0 aromatic heterocycles. The fourth-order valence-electron chi connectivity index (χ4n) is 4.58. The van der Waals surface area contributed by atoms with Gasteiger partial charge in [0.2, 0.25) is 5.91 Å². The number of methoxy groups -OCH3 is 1. The Labute approximate surface area is 212 Å². The number of amides is 1. The SMILES string of the molecule is CO[C@@H]1OC(CO)[C@@H](O[C@@H]2OC(CO)[C@H](O)C(O)[C@@H]2O)C(O[C@H]2OC(C)[C@H](O)C(O)[C@@H]2O)[C@@H]1NC(C)=O. The first kappa shape index (κ1) is 30.5. The molecule has 3 fully saturated rings. The van der Waals surface area contributed by atoms with Crippen LogP contribution in [0.1, 0.15) is 13.8 Å². The summed E-state index contributed by atoms with van der Waals surface area (Å²) in [6, 6.07) is -1.17. The molecule has 0 aliphatic carbocycles. The van der Waals surface area contributed by atoms with Crippen LogP contribution in [0.3, 0.4) is 0 Å². The normalized spacial score (nSPS) is 49.0. The molecule has 16 nitrogen and oxygen atoms in total. The lowest BCUT2D eigenvalue weighted by Gasteiger charge is -2.50. The molecule has 6 unspecified atom stereocenters. The largest absolute Gasteiger partial charge is 0.394 e. The summed E-state index contributed by atoms with van der Waals surface area (Å²) in [6.07, 6.45) is -20.8. The molecular weight excluding hydrogens is 506 g/mol. The molecule has 3 rings (SSSR count). The third-order valence-corrected chi connectivity index (χ3v) is 6.67. The van der Waals surface area contributed by atoms with Crippen LogP contribution < -0.4 is 5.32 Å². The van der Waals surface area contributed by atoms with Crippen molar-refractivity contribution in [1.29, 1.82) is 0 Å². The molecule has 0 spiro atoms. The molecule has 0 radical (unpaired) electrons. The Bertz CT molecular complexity index is 745. The fourth-order valence-corrected chi connectivity index (χ4v) is 4.58. The second kappa shape index (κ2) is 12.8. The van der Waals surface area contributed by atoms with Crippen molar-refractivity contribution < 1.29 is 74.1 Å². The predicted molar refractivity (Wildman–Crippen MR) is 116 cm³/mol. The van der Waals surface area contributed by atoms with E-state index in [-0.39, 0.29) is 0 Å². The number of rotatable bonds is 8. The average molecular weight is 544 g/mol. The van der Waals surface area contributed by atoms with Crippen molar-refractivity contribution in [2.24, 2.45) is 0 Å². The van der Waals surface area contributed by atoms with Crippen LogP contribution in [-0.4, -0.2) is 159 Å². The second-order valence-electron chi connectivity index (χ2n) is 9.27. The van der Waals surface area contributed by atoms with Crippen LogP contribution in [0.2, 0.25) is 0 Å². The number of ether oxygens (including phenoxy) is 6. The fraction of sp³-hybridized carbons (Fsp3) is 0.952. The minimum Gasteiger partial charge on any atom is -0.394 e. The summed E-state index contributed by atoms with van der Waals surface area (Å²) in [5, 5.41) is 83.5. The summed E-state index contributed by atoms with van der Waals surface area (Å²) in [7, 11) is 1.26. The van der Waals surface area contributed by atoms with Crippen LogP contribution in [0.25, 0.3) is 0 Å². The molecule has 15 atom stereocenters. The highest BCUT2D eigenvalue weighted by atomic mass is 16.8. The minimum absolute atomic E-state index is 0.549. The summed E-state index contributed by atoms with van der Waals surface area (Å²) >= 11 is 0. The van der Waals surface area contributed by atoms with E-state index < -0.39 is 111 Å². The standard InChI is InChI=1S/C21H37NO15/c1-6-11(26)13(28)15(30)20(33-6)37-18-10(22-7(2)25)19(32-3)35-9(5-24)17(18)36-21-16(31)14(29)12(27)8(4-23)34-21/h6,8-21,23-24,26-31H,4-5H2,1-3H3,(H,22,25)/t6?,8?,9?,10-,11-,12-,13?,14?,15-,16-,17+,18?,19+,20+,21-/m0/s1. The van der Waals surface area contributed by atoms with Gasteiger partial charge in [0, 0.05) is 14.0 Å². The Hall–Kier alpha value is -1.09. The van der Waals surface area contributed by atoms with Gasteiger partial charge in [-0.3, -0.25) is 4.79 Å². The van der Waals surface area contributed by atoms with Crippen molar-refractivity contribution in [3.8, 4) is 0 Å². The van der Waals surface area contributed by atoms with E-state index in [1.807, 2.05) is 0 Å². The highest BCUT2D eigenvalue weighted by molar-refractivity contribution is 5.73. The van der Waals surface area contributed by atoms with Gasteiger partial charge < -0.3 is 74.6 Å². The van der Waals surface area contributed by atoms with Crippen molar-refractivity contribution in [3.05, 3.63) is 0 Å². The van der Waals surface area contributed by atoms with Gasteiger partial charge in [0.15, 0.2) is 18.9 Å². The number of carbonyl (C=O) groups excluding carboxylic acids is 1. The summed E-state index contributed by atoms with van der Waals surface area (Å²) in [5.41, 5.74) is 0. The first-order chi connectivity index (χ1) is 17.4. The second-order valence-corrected chi connectivity index (χ2v) is 9.27. The first-order valence-corrected chi connectivity index (χ1v) is 11.8. The van der Waals surface area contributed by atoms with E-state index >= 15 is 0 Å². The Morgan fingerprint density at radius 3 is 1.78 bits per heavy atom. The maximum Gasteiger partial charge on any atom is 0.217 e. The van der Waals surface area contributed by atoms with Gasteiger partial charge in [-0.05, 0) is 6.92 Å². The Balaban J connectivity index is 1.95. The molecule has 0 aromatic carbocycles. The van der Waals surface area contributed by atoms with E-state index in [9.17, 15) is 45.6 Å². The third kappa shape index (κ3) is 6.39. The van der Waals surface area contributed by atoms with Crippen molar-refractivity contribution in [2.75, 3.05) is 20.3 Å². The number of aliphatic hydroxyl groups excluding tert-OH is 8. The Morgan fingerprint density at radius 2 is 1.24 bits per heavy atom. The highest BCUT2D eigenvalue weighted by Crippen LogP contribution is 2.33. The number of nitrogens with one attached hydrogen (secondary N) is 1. The zero-order valence-electron chi connectivity index (χ0n) is 20.5. The van der Waals surface area contributed by atoms with Gasteiger partial charge in [-0.2, -0.15) is 0 Å². The molecule has 37 heavy (non-hydrogen) atoms. The Kier molecular flexibility index (Phi) is 10.6. The lowest BCUT2D eigenvalue weighted by molar-refractivity contribution is -0.372. The van der Waals surface area contributed by atoms with Gasteiger partial charge in [-0.25, -0.2) is 0 Å². The molecule has 1 amide bonds. The van der Waals surface area contributed by atoms with E-state index in [0.29, 0.717) is 0 Å². The van der Waals surface area contributed by atoms with Crippen LogP contribution in [0.4, 0.5) is 0 Å². The minimum atomic E-state index is -1.81. The molecule has 3 aliphatic heterocycles. The van der Waals surface area contributed by atoms with E-state index in [1.54, 1.807) is 0 Å². The number of aliphatic hydroxyl groups is 8. The van der Waals surface area contributed by atoms with E-state index in [1.165, 1.54) is 21.0 Å². The van der Waals surface area contributed by atoms with Gasteiger partial charge in [0.05, 0.1) is 19.3 Å². The molecule has 16 heteroatoms. The van der Waals surface area contributed by atoms with Gasteiger partial charge >= 0.3 is 0 Å². The molecular formula is C21H37NO15. The zero-order valence-corrected chi connectivity index (χ0v) is 20.5. The lowest BCUT2D eigenvalue weighted by atomic mass is 9.94. The number of hydrogen-bond acceptors (Lipinski definition) is 15. The molecule has 3 aliphatic rings. The summed E-state index contributed by atoms with van der Waals surface area (Å²) in [4.78, 5) is 12.0. The number of hydrogen-bond donors (Lipinski definition) is 9. The van der Waals surface area contributed by atoms with E-state index in [0.717, 1.165) is 0 Å². The molecule has 9 N–H and O–H groups in total. The molecule has 3 heterocycles. The lowest BCUT2D eigenvalue weighted by Crippen LogP contribution is -2.69. The topological polar surface area (TPSA) is 246 Å². The predicted octanol–water partition coefficient (Wildman–Crippen LogP) is -5.75. The molecule has 0 saturated carbocycles. The van der Waals surface area contributed by atoms with Crippen LogP contribution in [0, 0.1) is 0 Å². The summed E-state index contributed by atoms with van der Waals surface area (Å²) < 4.78 is 33.7. The van der Waals surface area contributed by atoms with Gasteiger partial charge in [0.25, 0.3) is 0 Å². The van der Waals surface area contributed by atoms with Gasteiger partial charge in [-0.1, -0.05) is 0 Å². The van der Waals surface area contributed by atoms with Crippen LogP contribution in [0.5, 0.6) is 0 Å². The number of carbonyl (C=O) groups is 1. The smallest absolute Gasteiger partial charge is 0.217 e. The van der Waals surface area contributed by atoms with Crippen molar-refractivity contribution in [1.82, 2.24) is 5.32 Å². The van der Waals surface area contributed by atoms with Crippen molar-refractivity contribution in [2.45, 2.75) is 106 Å².